The number of benzene rings is 2. The van der Waals surface area contributed by atoms with E-state index in [1.165, 1.54) is 12.0 Å². The van der Waals surface area contributed by atoms with Crippen molar-refractivity contribution in [1.82, 2.24) is 5.32 Å². The van der Waals surface area contributed by atoms with Gasteiger partial charge in [-0.25, -0.2) is 8.42 Å². The van der Waals surface area contributed by atoms with E-state index in [0.29, 0.717) is 10.6 Å². The fourth-order valence-corrected chi connectivity index (χ4v) is 5.29. The normalized spacial score (nSPS) is 18.2. The molecule has 30 heavy (non-hydrogen) atoms. The first-order valence-electron chi connectivity index (χ1n) is 10.9. The third kappa shape index (κ3) is 4.10. The Morgan fingerprint density at radius 1 is 1.03 bits per heavy atom. The summed E-state index contributed by atoms with van der Waals surface area (Å²) in [5.74, 6) is 0.0687. The molecule has 2 N–H and O–H groups in total. The smallest absolute Gasteiger partial charge is 0.261 e. The SMILES string of the molecule is CC[C@@H](C)NC(=O)C1(c2ccc(NS(=O)(=O)c3ccc4c(c3)CCCC4)cc2)CC1. The van der Waals surface area contributed by atoms with E-state index in [-0.39, 0.29) is 11.9 Å². The number of fused-ring (bicyclic) bond motifs is 1. The fourth-order valence-electron chi connectivity index (χ4n) is 4.18. The summed E-state index contributed by atoms with van der Waals surface area (Å²) in [5, 5.41) is 3.08. The summed E-state index contributed by atoms with van der Waals surface area (Å²) in [6.07, 6.45) is 6.79. The molecule has 160 valence electrons. The summed E-state index contributed by atoms with van der Waals surface area (Å²) >= 11 is 0. The molecule has 1 saturated carbocycles. The average Bonchev–Trinajstić information content (AvgIpc) is 3.55. The molecule has 2 aliphatic carbocycles. The fraction of sp³-hybridized carbons (Fsp3) is 0.458. The van der Waals surface area contributed by atoms with Crippen molar-refractivity contribution in [2.24, 2.45) is 0 Å². The van der Waals surface area contributed by atoms with Gasteiger partial charge in [0.1, 0.15) is 0 Å². The van der Waals surface area contributed by atoms with Crippen LogP contribution in [0, 0.1) is 0 Å². The molecule has 1 atom stereocenters. The van der Waals surface area contributed by atoms with Gasteiger partial charge < -0.3 is 5.32 Å². The molecule has 0 saturated heterocycles. The van der Waals surface area contributed by atoms with Gasteiger partial charge in [-0.1, -0.05) is 25.1 Å². The number of anilines is 1. The molecule has 6 heteroatoms. The maximum atomic E-state index is 12.9. The molecule has 0 heterocycles. The summed E-state index contributed by atoms with van der Waals surface area (Å²) in [5.41, 5.74) is 3.39. The highest BCUT2D eigenvalue weighted by atomic mass is 32.2. The van der Waals surface area contributed by atoms with Crippen molar-refractivity contribution in [2.45, 2.75) is 75.1 Å². The molecular weight excluding hydrogens is 396 g/mol. The minimum absolute atomic E-state index is 0.0687. The minimum Gasteiger partial charge on any atom is -0.353 e. The Labute approximate surface area is 179 Å². The van der Waals surface area contributed by atoms with Crippen LogP contribution in [0.4, 0.5) is 5.69 Å². The zero-order chi connectivity index (χ0) is 21.4. The third-order valence-corrected chi connectivity index (χ3v) is 7.87. The van der Waals surface area contributed by atoms with Gasteiger partial charge in [0.05, 0.1) is 10.3 Å². The van der Waals surface area contributed by atoms with Gasteiger partial charge in [-0.15, -0.1) is 0 Å². The number of aryl methyl sites for hydroxylation is 2. The second-order valence-electron chi connectivity index (χ2n) is 8.69. The first-order valence-corrected chi connectivity index (χ1v) is 12.4. The molecule has 1 fully saturated rings. The number of carbonyl (C=O) groups excluding carboxylic acids is 1. The Morgan fingerprint density at radius 3 is 2.33 bits per heavy atom. The van der Waals surface area contributed by atoms with Crippen LogP contribution in [0.1, 0.15) is 62.6 Å². The lowest BCUT2D eigenvalue weighted by molar-refractivity contribution is -0.124. The highest BCUT2D eigenvalue weighted by Gasteiger charge is 2.51. The number of sulfonamides is 1. The largest absolute Gasteiger partial charge is 0.353 e. The molecule has 0 unspecified atom stereocenters. The van der Waals surface area contributed by atoms with Crippen molar-refractivity contribution in [2.75, 3.05) is 4.72 Å². The molecule has 0 radical (unpaired) electrons. The van der Waals surface area contributed by atoms with E-state index in [1.54, 1.807) is 18.2 Å². The van der Waals surface area contributed by atoms with Crippen molar-refractivity contribution in [3.05, 3.63) is 59.2 Å². The van der Waals surface area contributed by atoms with Gasteiger partial charge >= 0.3 is 0 Å². The second kappa shape index (κ2) is 8.06. The molecule has 1 amide bonds. The molecule has 2 aromatic rings. The van der Waals surface area contributed by atoms with Crippen LogP contribution in [-0.2, 0) is 33.1 Å². The van der Waals surface area contributed by atoms with Crippen LogP contribution in [0.15, 0.2) is 47.4 Å². The van der Waals surface area contributed by atoms with Crippen molar-refractivity contribution in [3.8, 4) is 0 Å². The third-order valence-electron chi connectivity index (χ3n) is 6.49. The number of amides is 1. The van der Waals surface area contributed by atoms with Crippen LogP contribution in [0.25, 0.3) is 0 Å². The molecule has 0 spiro atoms. The molecule has 2 aliphatic rings. The lowest BCUT2D eigenvalue weighted by atomic mass is 9.92. The minimum atomic E-state index is -3.64. The molecule has 0 aromatic heterocycles. The molecular formula is C24H30N2O3S. The predicted molar refractivity (Wildman–Crippen MR) is 119 cm³/mol. The molecule has 2 aromatic carbocycles. The van der Waals surface area contributed by atoms with Crippen LogP contribution in [0.5, 0.6) is 0 Å². The first-order chi connectivity index (χ1) is 14.3. The average molecular weight is 427 g/mol. The molecule has 5 nitrogen and oxygen atoms in total. The van der Waals surface area contributed by atoms with Gasteiger partial charge in [-0.05, 0) is 92.8 Å². The van der Waals surface area contributed by atoms with Crippen molar-refractivity contribution >= 4 is 21.6 Å². The monoisotopic (exact) mass is 426 g/mol. The van der Waals surface area contributed by atoms with Gasteiger partial charge in [0.25, 0.3) is 10.0 Å². The maximum Gasteiger partial charge on any atom is 0.261 e. The van der Waals surface area contributed by atoms with E-state index >= 15 is 0 Å². The van der Waals surface area contributed by atoms with Crippen LogP contribution in [0.2, 0.25) is 0 Å². The molecule has 0 aliphatic heterocycles. The summed E-state index contributed by atoms with van der Waals surface area (Å²) in [4.78, 5) is 13.0. The van der Waals surface area contributed by atoms with Gasteiger partial charge in [-0.2, -0.15) is 0 Å². The van der Waals surface area contributed by atoms with E-state index < -0.39 is 15.4 Å². The van der Waals surface area contributed by atoms with Crippen molar-refractivity contribution in [1.29, 1.82) is 0 Å². The zero-order valence-electron chi connectivity index (χ0n) is 17.7. The maximum absolute atomic E-state index is 12.9. The zero-order valence-corrected chi connectivity index (χ0v) is 18.5. The number of hydrogen-bond acceptors (Lipinski definition) is 3. The highest BCUT2D eigenvalue weighted by molar-refractivity contribution is 7.92. The Bertz CT molecular complexity index is 1040. The summed E-state index contributed by atoms with van der Waals surface area (Å²) < 4.78 is 28.4. The quantitative estimate of drug-likeness (QED) is 0.693. The lowest BCUT2D eigenvalue weighted by Gasteiger charge is -2.20. The van der Waals surface area contributed by atoms with Crippen LogP contribution in [-0.4, -0.2) is 20.4 Å². The predicted octanol–water partition coefficient (Wildman–Crippen LogP) is 4.31. The van der Waals surface area contributed by atoms with E-state index in [4.69, 9.17) is 0 Å². The number of nitrogens with one attached hydrogen (secondary N) is 2. The van der Waals surface area contributed by atoms with E-state index in [9.17, 15) is 13.2 Å². The lowest BCUT2D eigenvalue weighted by Crippen LogP contribution is -2.39. The highest BCUT2D eigenvalue weighted by Crippen LogP contribution is 2.48. The van der Waals surface area contributed by atoms with Crippen molar-refractivity contribution in [3.63, 3.8) is 0 Å². The van der Waals surface area contributed by atoms with E-state index in [2.05, 4.69) is 10.0 Å². The Balaban J connectivity index is 1.49. The Hall–Kier alpha value is -2.34. The van der Waals surface area contributed by atoms with E-state index in [1.807, 2.05) is 38.1 Å². The van der Waals surface area contributed by atoms with E-state index in [0.717, 1.165) is 49.7 Å². The summed E-state index contributed by atoms with van der Waals surface area (Å²) in [6, 6.07) is 12.8. The first kappa shape index (κ1) is 20.9. The summed E-state index contributed by atoms with van der Waals surface area (Å²) in [6.45, 7) is 4.06. The number of rotatable bonds is 7. The topological polar surface area (TPSA) is 75.3 Å². The van der Waals surface area contributed by atoms with Crippen molar-refractivity contribution < 1.29 is 13.2 Å². The van der Waals surface area contributed by atoms with Gasteiger partial charge in [0.2, 0.25) is 5.91 Å². The molecule has 4 rings (SSSR count). The van der Waals surface area contributed by atoms with Crippen LogP contribution < -0.4 is 10.0 Å². The van der Waals surface area contributed by atoms with Crippen LogP contribution in [0.3, 0.4) is 0 Å². The summed E-state index contributed by atoms with van der Waals surface area (Å²) in [7, 11) is -3.64. The Morgan fingerprint density at radius 2 is 1.70 bits per heavy atom. The number of hydrogen-bond donors (Lipinski definition) is 2. The second-order valence-corrected chi connectivity index (χ2v) is 10.4. The molecule has 0 bridgehead atoms. The standard InChI is InChI=1S/C24H30N2O3S/c1-3-17(2)25-23(27)24(14-15-24)20-9-11-21(12-10-20)26-30(28,29)22-13-8-18-6-4-5-7-19(18)16-22/h8-13,16-17,26H,3-7,14-15H2,1-2H3,(H,25,27)/t17-/m1/s1. The van der Waals surface area contributed by atoms with Crippen LogP contribution >= 0.6 is 0 Å². The number of carbonyl (C=O) groups is 1. The van der Waals surface area contributed by atoms with Gasteiger partial charge in [0.15, 0.2) is 0 Å². The van der Waals surface area contributed by atoms with Gasteiger partial charge in [-0.3, -0.25) is 9.52 Å². The van der Waals surface area contributed by atoms with Gasteiger partial charge in [0, 0.05) is 11.7 Å². The Kier molecular flexibility index (Phi) is 5.62.